The van der Waals surface area contributed by atoms with Crippen molar-refractivity contribution in [2.75, 3.05) is 5.32 Å². The fourth-order valence-corrected chi connectivity index (χ4v) is 2.02. The van der Waals surface area contributed by atoms with Crippen LogP contribution in [0.5, 0.6) is 0 Å². The molecule has 0 saturated heterocycles. The molecule has 0 saturated carbocycles. The molecule has 1 N–H and O–H groups in total. The first-order valence-corrected chi connectivity index (χ1v) is 7.82. The van der Waals surface area contributed by atoms with Crippen molar-refractivity contribution < 1.29 is 27.5 Å². The fourth-order valence-electron chi connectivity index (χ4n) is 2.02. The minimum Gasteiger partial charge on any atom is -0.458 e. The van der Waals surface area contributed by atoms with Crippen molar-refractivity contribution in [2.24, 2.45) is 0 Å². The van der Waals surface area contributed by atoms with Gasteiger partial charge in [-0.15, -0.1) is 0 Å². The molecule has 0 unspecified atom stereocenters. The number of rotatable bonds is 6. The van der Waals surface area contributed by atoms with Crippen molar-refractivity contribution in [3.63, 3.8) is 0 Å². The summed E-state index contributed by atoms with van der Waals surface area (Å²) >= 11 is 0. The summed E-state index contributed by atoms with van der Waals surface area (Å²) in [6, 6.07) is 0.0676. The summed E-state index contributed by atoms with van der Waals surface area (Å²) in [5.41, 5.74) is -1.35. The summed E-state index contributed by atoms with van der Waals surface area (Å²) in [5, 5.41) is 2.80. The number of nitrogens with one attached hydrogen (secondary N) is 1. The van der Waals surface area contributed by atoms with Crippen LogP contribution in [0.4, 0.5) is 19.0 Å². The van der Waals surface area contributed by atoms with E-state index in [9.17, 15) is 22.8 Å². The predicted molar refractivity (Wildman–Crippen MR) is 87.1 cm³/mol. The van der Waals surface area contributed by atoms with Crippen LogP contribution in [0.25, 0.3) is 0 Å². The molecular formula is C17H23F3N2O3. The molecule has 1 heterocycles. The van der Waals surface area contributed by atoms with Gasteiger partial charge in [-0.25, -0.2) is 9.78 Å². The normalized spacial score (nSPS) is 13.3. The van der Waals surface area contributed by atoms with Gasteiger partial charge in [-0.2, -0.15) is 13.2 Å². The van der Waals surface area contributed by atoms with Crippen molar-refractivity contribution in [2.45, 2.75) is 65.3 Å². The Hall–Kier alpha value is -2.12. The maximum Gasteiger partial charge on any atom is 0.417 e. The first-order chi connectivity index (χ1) is 11.3. The van der Waals surface area contributed by atoms with Crippen LogP contribution >= 0.6 is 0 Å². The second kappa shape index (κ2) is 7.84. The smallest absolute Gasteiger partial charge is 0.417 e. The molecule has 0 aliphatic rings. The quantitative estimate of drug-likeness (QED) is 0.779. The zero-order chi connectivity index (χ0) is 19.4. The Labute approximate surface area is 145 Å². The monoisotopic (exact) mass is 360 g/mol. The maximum absolute atomic E-state index is 12.7. The van der Waals surface area contributed by atoms with Crippen LogP contribution in [-0.2, 0) is 20.5 Å². The van der Waals surface area contributed by atoms with Crippen molar-refractivity contribution in [1.82, 2.24) is 4.98 Å². The average Bonchev–Trinajstić information content (AvgIpc) is 2.41. The summed E-state index contributed by atoms with van der Waals surface area (Å²) in [7, 11) is 0. The molecule has 1 aromatic heterocycles. The molecule has 0 fully saturated rings. The summed E-state index contributed by atoms with van der Waals surface area (Å²) < 4.78 is 43.4. The highest BCUT2D eigenvalue weighted by Gasteiger charge is 2.32. The largest absolute Gasteiger partial charge is 0.458 e. The van der Waals surface area contributed by atoms with Crippen LogP contribution in [0.3, 0.4) is 0 Å². The molecule has 0 spiro atoms. The maximum atomic E-state index is 12.7. The Morgan fingerprint density at radius 2 is 1.88 bits per heavy atom. The summed E-state index contributed by atoms with van der Waals surface area (Å²) in [6.07, 6.45) is -3.50. The Kier molecular flexibility index (Phi) is 6.56. The van der Waals surface area contributed by atoms with Gasteiger partial charge >= 0.3 is 12.1 Å². The third kappa shape index (κ3) is 7.11. The van der Waals surface area contributed by atoms with E-state index in [1.165, 1.54) is 13.8 Å². The lowest BCUT2D eigenvalue weighted by molar-refractivity contribution is -0.156. The molecule has 0 radical (unpaired) electrons. The van der Waals surface area contributed by atoms with Gasteiger partial charge in [0.15, 0.2) is 0 Å². The van der Waals surface area contributed by atoms with Gasteiger partial charge in [0, 0.05) is 12.6 Å². The van der Waals surface area contributed by atoms with Gasteiger partial charge < -0.3 is 14.8 Å². The molecule has 0 aromatic carbocycles. The molecule has 8 heteroatoms. The number of aryl methyl sites for hydroxylation is 1. The van der Waals surface area contributed by atoms with Crippen LogP contribution in [-0.4, -0.2) is 28.4 Å². The lowest BCUT2D eigenvalue weighted by atomic mass is 10.1. The number of hydrogen-bond acceptors (Lipinski definition) is 5. The number of ketones is 1. The molecule has 0 aliphatic carbocycles. The second-order valence-corrected chi connectivity index (χ2v) is 6.86. The number of carbonyl (C=O) groups excluding carboxylic acids is 2. The standard InChI is InChI=1S/C17H23F3N2O3/c1-10-8-12(17(18,19)20)9-21-14(10)22-13(7-6-11(2)23)15(24)25-16(3,4)5/h8-9,13H,6-7H2,1-5H3,(H,21,22)/t13-/m0/s1. The van der Waals surface area contributed by atoms with Crippen LogP contribution in [0.2, 0.25) is 0 Å². The van der Waals surface area contributed by atoms with Crippen molar-refractivity contribution >= 4 is 17.6 Å². The van der Waals surface area contributed by atoms with Gasteiger partial charge in [0.05, 0.1) is 5.56 Å². The molecule has 1 atom stereocenters. The number of esters is 1. The van der Waals surface area contributed by atoms with Crippen molar-refractivity contribution in [3.8, 4) is 0 Å². The number of alkyl halides is 3. The first-order valence-electron chi connectivity index (χ1n) is 7.82. The number of aromatic nitrogens is 1. The number of halogens is 3. The molecular weight excluding hydrogens is 337 g/mol. The summed E-state index contributed by atoms with van der Waals surface area (Å²) in [6.45, 7) is 7.97. The molecule has 0 aliphatic heterocycles. The highest BCUT2D eigenvalue weighted by Crippen LogP contribution is 2.30. The number of pyridine rings is 1. The van der Waals surface area contributed by atoms with Crippen LogP contribution < -0.4 is 5.32 Å². The Morgan fingerprint density at radius 1 is 1.28 bits per heavy atom. The van der Waals surface area contributed by atoms with Gasteiger partial charge in [-0.3, -0.25) is 0 Å². The van der Waals surface area contributed by atoms with E-state index >= 15 is 0 Å². The number of hydrogen-bond donors (Lipinski definition) is 1. The highest BCUT2D eigenvalue weighted by molar-refractivity contribution is 5.81. The lowest BCUT2D eigenvalue weighted by Gasteiger charge is -2.25. The van der Waals surface area contributed by atoms with Crippen LogP contribution in [0.15, 0.2) is 12.3 Å². The van der Waals surface area contributed by atoms with Gasteiger partial charge in [0.2, 0.25) is 0 Å². The Balaban J connectivity index is 3.00. The van der Waals surface area contributed by atoms with E-state index in [-0.39, 0.29) is 30.0 Å². The molecule has 0 bridgehead atoms. The molecule has 5 nitrogen and oxygen atoms in total. The molecule has 140 valence electrons. The zero-order valence-electron chi connectivity index (χ0n) is 15.0. The Morgan fingerprint density at radius 3 is 2.32 bits per heavy atom. The third-order valence-corrected chi connectivity index (χ3v) is 3.19. The van der Waals surface area contributed by atoms with Gasteiger partial charge in [0.1, 0.15) is 23.2 Å². The van der Waals surface area contributed by atoms with E-state index in [0.29, 0.717) is 6.20 Å². The fraction of sp³-hybridized carbons (Fsp3) is 0.588. The lowest BCUT2D eigenvalue weighted by Crippen LogP contribution is -2.37. The number of Topliss-reactive ketones (excluding diaryl/α,β-unsaturated/α-hetero) is 1. The highest BCUT2D eigenvalue weighted by atomic mass is 19.4. The predicted octanol–water partition coefficient (Wildman–Crippen LogP) is 3.90. The summed E-state index contributed by atoms with van der Waals surface area (Å²) in [4.78, 5) is 27.3. The minimum atomic E-state index is -4.49. The van der Waals surface area contributed by atoms with E-state index in [4.69, 9.17) is 4.74 Å². The molecule has 25 heavy (non-hydrogen) atoms. The molecule has 1 aromatic rings. The van der Waals surface area contributed by atoms with Gasteiger partial charge in [0.25, 0.3) is 0 Å². The average molecular weight is 360 g/mol. The van der Waals surface area contributed by atoms with Crippen molar-refractivity contribution in [1.29, 1.82) is 0 Å². The number of ether oxygens (including phenoxy) is 1. The van der Waals surface area contributed by atoms with E-state index in [0.717, 1.165) is 6.07 Å². The number of nitrogens with zero attached hydrogens (tertiary/aromatic N) is 1. The topological polar surface area (TPSA) is 68.3 Å². The number of carbonyl (C=O) groups is 2. The zero-order valence-corrected chi connectivity index (χ0v) is 15.0. The van der Waals surface area contributed by atoms with E-state index in [2.05, 4.69) is 10.3 Å². The van der Waals surface area contributed by atoms with Crippen LogP contribution in [0, 0.1) is 6.92 Å². The third-order valence-electron chi connectivity index (χ3n) is 3.19. The van der Waals surface area contributed by atoms with E-state index < -0.39 is 29.4 Å². The van der Waals surface area contributed by atoms with Gasteiger partial charge in [-0.05, 0) is 52.7 Å². The van der Waals surface area contributed by atoms with E-state index in [1.54, 1.807) is 20.8 Å². The van der Waals surface area contributed by atoms with Crippen molar-refractivity contribution in [3.05, 3.63) is 23.4 Å². The second-order valence-electron chi connectivity index (χ2n) is 6.86. The summed E-state index contributed by atoms with van der Waals surface area (Å²) in [5.74, 6) is -0.547. The SMILES string of the molecule is CC(=O)CC[C@H](Nc1ncc(C(F)(F)F)cc1C)C(=O)OC(C)(C)C. The number of anilines is 1. The minimum absolute atomic E-state index is 0.104. The van der Waals surface area contributed by atoms with E-state index in [1.807, 2.05) is 0 Å². The Bertz CT molecular complexity index is 637. The van der Waals surface area contributed by atoms with Gasteiger partial charge in [-0.1, -0.05) is 0 Å². The molecule has 0 amide bonds. The first kappa shape index (κ1) is 20.9. The van der Waals surface area contributed by atoms with Crippen LogP contribution in [0.1, 0.15) is 51.7 Å². The molecule has 1 rings (SSSR count).